The molecule has 0 radical (unpaired) electrons. The van der Waals surface area contributed by atoms with Gasteiger partial charge in [-0.25, -0.2) is 14.0 Å². The van der Waals surface area contributed by atoms with Crippen molar-refractivity contribution in [2.45, 2.75) is 12.8 Å². The molecule has 0 unspecified atom stereocenters. The Morgan fingerprint density at radius 1 is 1.14 bits per heavy atom. The lowest BCUT2D eigenvalue weighted by molar-refractivity contribution is -0.138. The van der Waals surface area contributed by atoms with Gasteiger partial charge in [-0.2, -0.15) is 0 Å². The zero-order valence-electron chi connectivity index (χ0n) is 12.0. The number of methoxy groups -OCH3 is 1. The lowest BCUT2D eigenvalue weighted by Gasteiger charge is -2.20. The fourth-order valence-electron chi connectivity index (χ4n) is 1.86. The lowest BCUT2D eigenvalue weighted by atomic mass is 9.86. The minimum Gasteiger partial charge on any atom is -0.466 e. The van der Waals surface area contributed by atoms with Gasteiger partial charge in [0.25, 0.3) is 0 Å². The summed E-state index contributed by atoms with van der Waals surface area (Å²) in [7, 11) is 1.21. The van der Waals surface area contributed by atoms with Crippen LogP contribution in [0.2, 0.25) is 0 Å². The van der Waals surface area contributed by atoms with Gasteiger partial charge in [0.1, 0.15) is 5.82 Å². The molecule has 1 atom stereocenters. The molecule has 0 fully saturated rings. The average Bonchev–Trinajstić information content (AvgIpc) is 2.48. The third-order valence-corrected chi connectivity index (χ3v) is 2.89. The van der Waals surface area contributed by atoms with E-state index in [1.54, 1.807) is 6.92 Å². The van der Waals surface area contributed by atoms with Crippen molar-refractivity contribution in [3.8, 4) is 0 Å². The van der Waals surface area contributed by atoms with E-state index in [4.69, 9.17) is 4.74 Å². The number of halogens is 1. The Hall–Kier alpha value is -2.43. The van der Waals surface area contributed by atoms with Gasteiger partial charge < -0.3 is 9.47 Å². The molecule has 5 heteroatoms. The highest BCUT2D eigenvalue weighted by atomic mass is 19.1. The van der Waals surface area contributed by atoms with Crippen molar-refractivity contribution >= 4 is 11.9 Å². The van der Waals surface area contributed by atoms with Crippen LogP contribution in [0.4, 0.5) is 4.39 Å². The molecule has 0 aliphatic rings. The van der Waals surface area contributed by atoms with E-state index in [2.05, 4.69) is 17.9 Å². The summed E-state index contributed by atoms with van der Waals surface area (Å²) in [5, 5.41) is 0. The Labute approximate surface area is 122 Å². The predicted molar refractivity (Wildman–Crippen MR) is 76.1 cm³/mol. The molecule has 0 heterocycles. The fourth-order valence-corrected chi connectivity index (χ4v) is 1.86. The monoisotopic (exact) mass is 292 g/mol. The number of hydrogen-bond acceptors (Lipinski definition) is 4. The summed E-state index contributed by atoms with van der Waals surface area (Å²) >= 11 is 0. The molecule has 1 aromatic rings. The first kappa shape index (κ1) is 16.6. The van der Waals surface area contributed by atoms with E-state index >= 15 is 0 Å². The second-order valence-corrected chi connectivity index (χ2v) is 4.25. The molecular weight excluding hydrogens is 275 g/mol. The summed E-state index contributed by atoms with van der Waals surface area (Å²) in [6, 6.07) is 5.37. The second kappa shape index (κ2) is 7.38. The number of hydrogen-bond donors (Lipinski definition) is 0. The summed E-state index contributed by atoms with van der Waals surface area (Å²) in [5.74, 6) is -2.56. The topological polar surface area (TPSA) is 52.6 Å². The van der Waals surface area contributed by atoms with Crippen molar-refractivity contribution in [2.24, 2.45) is 0 Å². The molecule has 1 rings (SSSR count). The van der Waals surface area contributed by atoms with E-state index in [1.165, 1.54) is 31.4 Å². The molecule has 0 amide bonds. The molecule has 0 aromatic heterocycles. The van der Waals surface area contributed by atoms with Crippen molar-refractivity contribution in [2.75, 3.05) is 13.7 Å². The maximum atomic E-state index is 13.0. The molecule has 0 saturated carbocycles. The van der Waals surface area contributed by atoms with Gasteiger partial charge in [-0.05, 0) is 24.6 Å². The van der Waals surface area contributed by atoms with Gasteiger partial charge >= 0.3 is 11.9 Å². The molecule has 4 nitrogen and oxygen atoms in total. The minimum absolute atomic E-state index is 0.0298. The van der Waals surface area contributed by atoms with Crippen LogP contribution in [0.25, 0.3) is 0 Å². The van der Waals surface area contributed by atoms with Crippen LogP contribution in [0.5, 0.6) is 0 Å². The average molecular weight is 292 g/mol. The zero-order chi connectivity index (χ0) is 16.0. The maximum absolute atomic E-state index is 13.0. The predicted octanol–water partition coefficient (Wildman–Crippen LogP) is 2.76. The van der Waals surface area contributed by atoms with Gasteiger partial charge in [-0.1, -0.05) is 25.3 Å². The first-order valence-electron chi connectivity index (χ1n) is 6.30. The molecule has 21 heavy (non-hydrogen) atoms. The highest BCUT2D eigenvalue weighted by Crippen LogP contribution is 2.31. The van der Waals surface area contributed by atoms with Gasteiger partial charge in [0.2, 0.25) is 0 Å². The summed E-state index contributed by atoms with van der Waals surface area (Å²) < 4.78 is 22.5. The summed E-state index contributed by atoms with van der Waals surface area (Å²) in [4.78, 5) is 23.5. The van der Waals surface area contributed by atoms with E-state index < -0.39 is 23.7 Å². The van der Waals surface area contributed by atoms with Gasteiger partial charge in [0, 0.05) is 17.1 Å². The molecule has 0 aliphatic heterocycles. The molecule has 1 aromatic carbocycles. The number of carbonyl (C=O) groups excluding carboxylic acids is 2. The van der Waals surface area contributed by atoms with E-state index in [1.807, 2.05) is 0 Å². The highest BCUT2D eigenvalue weighted by Gasteiger charge is 2.28. The highest BCUT2D eigenvalue weighted by molar-refractivity contribution is 5.97. The molecule has 0 bridgehead atoms. The molecule has 0 N–H and O–H groups in total. The van der Waals surface area contributed by atoms with E-state index in [-0.39, 0.29) is 17.8 Å². The van der Waals surface area contributed by atoms with E-state index in [0.29, 0.717) is 5.56 Å². The van der Waals surface area contributed by atoms with Gasteiger partial charge in [0.15, 0.2) is 0 Å². The lowest BCUT2D eigenvalue weighted by Crippen LogP contribution is -2.20. The SMILES string of the molecule is C=C(C(=O)OC)[C@H](C(=C)C(=O)OCC)c1ccc(F)cc1. The first-order chi connectivity index (χ1) is 9.92. The van der Waals surface area contributed by atoms with Crippen molar-refractivity contribution in [1.82, 2.24) is 0 Å². The normalized spacial score (nSPS) is 11.4. The number of carbonyl (C=O) groups is 2. The Morgan fingerprint density at radius 2 is 1.67 bits per heavy atom. The molecule has 0 aliphatic carbocycles. The van der Waals surface area contributed by atoms with Gasteiger partial charge in [-0.15, -0.1) is 0 Å². The molecule has 0 spiro atoms. The van der Waals surface area contributed by atoms with Gasteiger partial charge in [0.05, 0.1) is 13.7 Å². The molecule has 0 saturated heterocycles. The fraction of sp³-hybridized carbons (Fsp3) is 0.250. The number of ether oxygens (including phenoxy) is 2. The summed E-state index contributed by atoms with van der Waals surface area (Å²) in [6.45, 7) is 9.16. The van der Waals surface area contributed by atoms with Crippen LogP contribution in [0, 0.1) is 5.82 Å². The largest absolute Gasteiger partial charge is 0.466 e. The Balaban J connectivity index is 3.20. The first-order valence-corrected chi connectivity index (χ1v) is 6.30. The summed E-state index contributed by atoms with van der Waals surface area (Å²) in [5.41, 5.74) is 0.575. The standard InChI is InChI=1S/C16H17FO4/c1-5-21-16(19)11(3)14(10(2)15(18)20-4)12-6-8-13(17)9-7-12/h6-9,14H,2-3,5H2,1,4H3/t14-/m1/s1. The van der Waals surface area contributed by atoms with E-state index in [9.17, 15) is 14.0 Å². The Kier molecular flexibility index (Phi) is 5.84. The second-order valence-electron chi connectivity index (χ2n) is 4.25. The van der Waals surface area contributed by atoms with Crippen LogP contribution in [0.15, 0.2) is 48.6 Å². The Bertz CT molecular complexity index is 560. The van der Waals surface area contributed by atoms with Crippen LogP contribution < -0.4 is 0 Å². The molecular formula is C16H17FO4. The van der Waals surface area contributed by atoms with Crippen LogP contribution in [-0.2, 0) is 19.1 Å². The van der Waals surface area contributed by atoms with Crippen LogP contribution >= 0.6 is 0 Å². The quantitative estimate of drug-likeness (QED) is 0.597. The van der Waals surface area contributed by atoms with Crippen molar-refractivity contribution < 1.29 is 23.5 Å². The number of rotatable bonds is 6. The summed E-state index contributed by atoms with van der Waals surface area (Å²) in [6.07, 6.45) is 0. The van der Waals surface area contributed by atoms with Crippen molar-refractivity contribution in [1.29, 1.82) is 0 Å². The Morgan fingerprint density at radius 3 is 2.14 bits per heavy atom. The van der Waals surface area contributed by atoms with Crippen LogP contribution in [-0.4, -0.2) is 25.7 Å². The third kappa shape index (κ3) is 4.02. The minimum atomic E-state index is -0.822. The van der Waals surface area contributed by atoms with Gasteiger partial charge in [-0.3, -0.25) is 0 Å². The van der Waals surface area contributed by atoms with Crippen LogP contribution in [0.3, 0.4) is 0 Å². The van der Waals surface area contributed by atoms with E-state index in [0.717, 1.165) is 0 Å². The van der Waals surface area contributed by atoms with Crippen molar-refractivity contribution in [3.05, 3.63) is 60.0 Å². The van der Waals surface area contributed by atoms with Crippen molar-refractivity contribution in [3.63, 3.8) is 0 Å². The zero-order valence-corrected chi connectivity index (χ0v) is 12.0. The molecule has 112 valence electrons. The smallest absolute Gasteiger partial charge is 0.334 e. The maximum Gasteiger partial charge on any atom is 0.334 e. The third-order valence-electron chi connectivity index (χ3n) is 2.89. The van der Waals surface area contributed by atoms with Crippen LogP contribution in [0.1, 0.15) is 18.4 Å². The number of esters is 2. The number of benzene rings is 1.